The zero-order chi connectivity index (χ0) is 18.4. The van der Waals surface area contributed by atoms with Crippen LogP contribution in [0.1, 0.15) is 19.4 Å². The largest absolute Gasteiger partial charge is 0.324 e. The molecule has 0 bridgehead atoms. The first-order chi connectivity index (χ1) is 11.8. The zero-order valence-corrected chi connectivity index (χ0v) is 16.5. The lowest BCUT2D eigenvalue weighted by Crippen LogP contribution is -2.41. The lowest BCUT2D eigenvalue weighted by molar-refractivity contribution is -0.117. The third-order valence-electron chi connectivity index (χ3n) is 3.56. The van der Waals surface area contributed by atoms with Gasteiger partial charge in [0.15, 0.2) is 0 Å². The van der Waals surface area contributed by atoms with Gasteiger partial charge in [0.05, 0.1) is 12.2 Å². The lowest BCUT2D eigenvalue weighted by Gasteiger charge is -2.16. The van der Waals surface area contributed by atoms with E-state index in [-0.39, 0.29) is 17.3 Å². The quantitative estimate of drug-likeness (QED) is 0.617. The number of rotatable bonds is 8. The number of nitrogens with zero attached hydrogens (tertiary/aromatic N) is 2. The summed E-state index contributed by atoms with van der Waals surface area (Å²) in [6.07, 6.45) is 2.61. The molecular formula is C16H24ClN5O3S. The molecule has 0 fully saturated rings. The Kier molecular flexibility index (Phi) is 8.22. The van der Waals surface area contributed by atoms with Crippen molar-refractivity contribution in [1.29, 1.82) is 0 Å². The van der Waals surface area contributed by atoms with Gasteiger partial charge in [-0.2, -0.15) is 9.82 Å². The van der Waals surface area contributed by atoms with E-state index in [9.17, 15) is 13.2 Å². The van der Waals surface area contributed by atoms with Crippen LogP contribution in [0.3, 0.4) is 0 Å². The number of para-hydroxylation sites is 1. The highest BCUT2D eigenvalue weighted by Crippen LogP contribution is 2.15. The molecule has 3 N–H and O–H groups in total. The standard InChI is InChI=1S/C16H23N5O3S.ClH/c1-4-17-9-13-7-5-6-8-15(13)19-16(22)12(2)20-25(23,24)14-10-18-21(3)11-14;/h5-8,10-12,17,20H,4,9H2,1-3H3,(H,19,22);1H. The molecule has 144 valence electrons. The number of hydrogen-bond acceptors (Lipinski definition) is 5. The highest BCUT2D eigenvalue weighted by Gasteiger charge is 2.23. The van der Waals surface area contributed by atoms with Gasteiger partial charge in [-0.3, -0.25) is 9.48 Å². The van der Waals surface area contributed by atoms with E-state index >= 15 is 0 Å². The van der Waals surface area contributed by atoms with Crippen molar-refractivity contribution in [3.63, 3.8) is 0 Å². The highest BCUT2D eigenvalue weighted by atomic mass is 35.5. The van der Waals surface area contributed by atoms with Gasteiger partial charge in [-0.1, -0.05) is 25.1 Å². The van der Waals surface area contributed by atoms with Gasteiger partial charge in [0.1, 0.15) is 4.90 Å². The molecule has 0 aliphatic rings. The maximum atomic E-state index is 12.4. The van der Waals surface area contributed by atoms with Crippen molar-refractivity contribution in [3.8, 4) is 0 Å². The van der Waals surface area contributed by atoms with E-state index in [1.807, 2.05) is 25.1 Å². The molecule has 0 aliphatic carbocycles. The van der Waals surface area contributed by atoms with E-state index in [1.165, 1.54) is 24.0 Å². The third-order valence-corrected chi connectivity index (χ3v) is 5.05. The van der Waals surface area contributed by atoms with Crippen LogP contribution in [0.15, 0.2) is 41.6 Å². The van der Waals surface area contributed by atoms with Crippen molar-refractivity contribution < 1.29 is 13.2 Å². The number of hydrogen-bond donors (Lipinski definition) is 3. The molecule has 1 heterocycles. The molecule has 0 saturated carbocycles. The molecule has 0 aliphatic heterocycles. The Labute approximate surface area is 159 Å². The van der Waals surface area contributed by atoms with Gasteiger partial charge in [-0.15, -0.1) is 12.4 Å². The fourth-order valence-electron chi connectivity index (χ4n) is 2.19. The number of carbonyl (C=O) groups excluding carboxylic acids is 1. The van der Waals surface area contributed by atoms with Crippen LogP contribution in [0.4, 0.5) is 5.69 Å². The van der Waals surface area contributed by atoms with Crippen LogP contribution in [-0.2, 0) is 28.4 Å². The predicted molar refractivity (Wildman–Crippen MR) is 103 cm³/mol. The summed E-state index contributed by atoms with van der Waals surface area (Å²) < 4.78 is 28.3. The summed E-state index contributed by atoms with van der Waals surface area (Å²) in [7, 11) is -2.19. The molecule has 2 aromatic rings. The number of benzene rings is 1. The number of amides is 1. The molecule has 0 spiro atoms. The minimum absolute atomic E-state index is 0. The SMILES string of the molecule is CCNCc1ccccc1NC(=O)C(C)NS(=O)(=O)c1cnn(C)c1.Cl. The van der Waals surface area contributed by atoms with Crippen molar-refractivity contribution in [1.82, 2.24) is 19.8 Å². The monoisotopic (exact) mass is 401 g/mol. The first-order valence-corrected chi connectivity index (χ1v) is 9.42. The van der Waals surface area contributed by atoms with Gasteiger partial charge < -0.3 is 10.6 Å². The van der Waals surface area contributed by atoms with E-state index < -0.39 is 22.0 Å². The summed E-state index contributed by atoms with van der Waals surface area (Å²) in [4.78, 5) is 12.4. The summed E-state index contributed by atoms with van der Waals surface area (Å²) in [5.41, 5.74) is 1.58. The average molecular weight is 402 g/mol. The summed E-state index contributed by atoms with van der Waals surface area (Å²) in [5.74, 6) is -0.434. The fraction of sp³-hybridized carbons (Fsp3) is 0.375. The summed E-state index contributed by atoms with van der Waals surface area (Å²) >= 11 is 0. The number of sulfonamides is 1. The molecule has 1 aromatic carbocycles. The molecule has 1 unspecified atom stereocenters. The summed E-state index contributed by atoms with van der Waals surface area (Å²) in [6.45, 7) is 4.92. The van der Waals surface area contributed by atoms with Crippen molar-refractivity contribution in [2.45, 2.75) is 31.3 Å². The first-order valence-electron chi connectivity index (χ1n) is 7.94. The number of halogens is 1. The van der Waals surface area contributed by atoms with Crippen molar-refractivity contribution in [2.75, 3.05) is 11.9 Å². The van der Waals surface area contributed by atoms with E-state index in [4.69, 9.17) is 0 Å². The highest BCUT2D eigenvalue weighted by molar-refractivity contribution is 7.89. The molecule has 0 radical (unpaired) electrons. The van der Waals surface area contributed by atoms with Crippen LogP contribution in [0.25, 0.3) is 0 Å². The normalized spacial score (nSPS) is 12.3. The number of aryl methyl sites for hydroxylation is 1. The molecule has 10 heteroatoms. The van der Waals surface area contributed by atoms with Gasteiger partial charge in [0.25, 0.3) is 0 Å². The number of anilines is 1. The lowest BCUT2D eigenvalue weighted by atomic mass is 10.1. The van der Waals surface area contributed by atoms with Crippen molar-refractivity contribution in [2.24, 2.45) is 7.05 Å². The summed E-state index contributed by atoms with van der Waals surface area (Å²) in [6, 6.07) is 6.46. The van der Waals surface area contributed by atoms with E-state index in [2.05, 4.69) is 20.5 Å². The van der Waals surface area contributed by atoms with E-state index in [0.29, 0.717) is 12.2 Å². The Balaban J connectivity index is 0.00000338. The Morgan fingerprint density at radius 1 is 1.31 bits per heavy atom. The molecule has 1 aromatic heterocycles. The number of carbonyl (C=O) groups is 1. The van der Waals surface area contributed by atoms with E-state index in [0.717, 1.165) is 12.1 Å². The second-order valence-corrected chi connectivity index (χ2v) is 7.33. The molecule has 0 saturated heterocycles. The molecule has 26 heavy (non-hydrogen) atoms. The van der Waals surface area contributed by atoms with Crippen LogP contribution in [-0.4, -0.2) is 36.7 Å². The van der Waals surface area contributed by atoms with Crippen LogP contribution >= 0.6 is 12.4 Å². The second-order valence-electron chi connectivity index (χ2n) is 5.62. The Morgan fingerprint density at radius 3 is 2.62 bits per heavy atom. The van der Waals surface area contributed by atoms with Crippen LogP contribution < -0.4 is 15.4 Å². The van der Waals surface area contributed by atoms with Crippen molar-refractivity contribution in [3.05, 3.63) is 42.2 Å². The predicted octanol–water partition coefficient (Wildman–Crippen LogP) is 1.26. The van der Waals surface area contributed by atoms with E-state index in [1.54, 1.807) is 13.1 Å². The molecule has 1 amide bonds. The van der Waals surface area contributed by atoms with Gasteiger partial charge in [0, 0.05) is 25.5 Å². The fourth-order valence-corrected chi connectivity index (χ4v) is 3.37. The van der Waals surface area contributed by atoms with Crippen molar-refractivity contribution >= 4 is 34.0 Å². The topological polar surface area (TPSA) is 105 Å². The molecule has 8 nitrogen and oxygen atoms in total. The van der Waals surface area contributed by atoms with Crippen LogP contribution in [0, 0.1) is 0 Å². The minimum atomic E-state index is -3.81. The Hall–Kier alpha value is -1.94. The Bertz CT molecular complexity index is 838. The van der Waals surface area contributed by atoms with Gasteiger partial charge >= 0.3 is 0 Å². The maximum absolute atomic E-state index is 12.4. The van der Waals surface area contributed by atoms with Crippen LogP contribution in [0.2, 0.25) is 0 Å². The second kappa shape index (κ2) is 9.67. The van der Waals surface area contributed by atoms with Gasteiger partial charge in [-0.25, -0.2) is 8.42 Å². The molecular weight excluding hydrogens is 378 g/mol. The maximum Gasteiger partial charge on any atom is 0.244 e. The molecule has 2 rings (SSSR count). The third kappa shape index (κ3) is 5.80. The summed E-state index contributed by atoms with van der Waals surface area (Å²) in [5, 5.41) is 9.80. The first kappa shape index (κ1) is 22.1. The van der Waals surface area contributed by atoms with Gasteiger partial charge in [0.2, 0.25) is 15.9 Å². The number of nitrogens with one attached hydrogen (secondary N) is 3. The molecule has 1 atom stereocenters. The Morgan fingerprint density at radius 2 is 2.00 bits per heavy atom. The minimum Gasteiger partial charge on any atom is -0.324 e. The smallest absolute Gasteiger partial charge is 0.244 e. The zero-order valence-electron chi connectivity index (χ0n) is 14.9. The average Bonchev–Trinajstić information content (AvgIpc) is 3.01. The van der Waals surface area contributed by atoms with Crippen LogP contribution in [0.5, 0.6) is 0 Å². The number of aromatic nitrogens is 2. The van der Waals surface area contributed by atoms with Gasteiger partial charge in [-0.05, 0) is 25.1 Å².